The Bertz CT molecular complexity index is 488. The molecule has 128 valence electrons. The summed E-state index contributed by atoms with van der Waals surface area (Å²) in [6.07, 6.45) is 3.81. The maximum absolute atomic E-state index is 12.4. The summed E-state index contributed by atoms with van der Waals surface area (Å²) in [7, 11) is 0. The molecule has 0 radical (unpaired) electrons. The van der Waals surface area contributed by atoms with Crippen molar-refractivity contribution in [3.63, 3.8) is 0 Å². The summed E-state index contributed by atoms with van der Waals surface area (Å²) in [5.74, 6) is 2.45. The van der Waals surface area contributed by atoms with Crippen molar-refractivity contribution >= 4 is 17.7 Å². The number of hydrogen-bond donors (Lipinski definition) is 1. The highest BCUT2D eigenvalue weighted by Crippen LogP contribution is 2.24. The van der Waals surface area contributed by atoms with Crippen molar-refractivity contribution < 1.29 is 9.53 Å². The minimum Gasteiger partial charge on any atom is -0.473 e. The maximum Gasteiger partial charge on any atom is 0.256 e. The lowest BCUT2D eigenvalue weighted by Gasteiger charge is -2.18. The van der Waals surface area contributed by atoms with Gasteiger partial charge in [-0.25, -0.2) is 4.98 Å². The number of ether oxygens (including phenoxy) is 1. The Morgan fingerprint density at radius 2 is 2.30 bits per heavy atom. The van der Waals surface area contributed by atoms with Crippen LogP contribution in [0.1, 0.15) is 37.0 Å². The average molecular weight is 337 g/mol. The molecule has 1 amide bonds. The zero-order chi connectivity index (χ0) is 16.5. The Kier molecular flexibility index (Phi) is 7.68. The third kappa shape index (κ3) is 5.70. The number of carbonyl (C=O) groups is 1. The van der Waals surface area contributed by atoms with Gasteiger partial charge in [-0.05, 0) is 50.4 Å². The summed E-state index contributed by atoms with van der Waals surface area (Å²) in [6.45, 7) is 8.08. The van der Waals surface area contributed by atoms with Crippen LogP contribution in [0.4, 0.5) is 0 Å². The third-order valence-electron chi connectivity index (χ3n) is 4.01. The van der Waals surface area contributed by atoms with Crippen LogP contribution in [0, 0.1) is 0 Å². The second-order valence-electron chi connectivity index (χ2n) is 5.60. The normalized spacial score (nSPS) is 17.4. The van der Waals surface area contributed by atoms with Gasteiger partial charge >= 0.3 is 0 Å². The highest BCUT2D eigenvalue weighted by atomic mass is 32.2. The van der Waals surface area contributed by atoms with Gasteiger partial charge in [0.15, 0.2) is 0 Å². The molecule has 1 fully saturated rings. The molecule has 2 rings (SSSR count). The fraction of sp³-hybridized carbons (Fsp3) is 0.647. The van der Waals surface area contributed by atoms with Gasteiger partial charge in [0.25, 0.3) is 5.91 Å². The van der Waals surface area contributed by atoms with Crippen LogP contribution in [0.25, 0.3) is 0 Å². The fourth-order valence-corrected chi connectivity index (χ4v) is 3.65. The van der Waals surface area contributed by atoms with Crippen molar-refractivity contribution in [3.05, 3.63) is 23.9 Å². The first-order valence-electron chi connectivity index (χ1n) is 8.44. The van der Waals surface area contributed by atoms with Gasteiger partial charge in [-0.1, -0.05) is 13.8 Å². The summed E-state index contributed by atoms with van der Waals surface area (Å²) in [6, 6.07) is 3.56. The predicted octanol–water partition coefficient (Wildman–Crippen LogP) is 2.43. The molecule has 1 aromatic rings. The Labute approximate surface area is 143 Å². The Morgan fingerprint density at radius 3 is 3.00 bits per heavy atom. The third-order valence-corrected chi connectivity index (χ3v) is 5.14. The molecule has 1 atom stereocenters. The standard InChI is InChI=1S/C17H27N3O2S/c1-3-20(4-2)11-6-10-18-16(21)15-7-5-9-19-17(15)22-14-8-12-23-13-14/h5,7,9,14H,3-4,6,8,10-13H2,1-2H3,(H,18,21). The first-order valence-corrected chi connectivity index (χ1v) is 9.60. The highest BCUT2D eigenvalue weighted by Gasteiger charge is 2.21. The van der Waals surface area contributed by atoms with E-state index in [1.807, 2.05) is 11.8 Å². The number of carbonyl (C=O) groups excluding carboxylic acids is 1. The van der Waals surface area contributed by atoms with Crippen LogP contribution in [-0.2, 0) is 0 Å². The van der Waals surface area contributed by atoms with E-state index < -0.39 is 0 Å². The molecule has 0 saturated carbocycles. The van der Waals surface area contributed by atoms with Crippen molar-refractivity contribution in [3.8, 4) is 5.88 Å². The average Bonchev–Trinajstić information content (AvgIpc) is 3.08. The molecule has 0 bridgehead atoms. The molecule has 0 aliphatic carbocycles. The molecule has 1 saturated heterocycles. The van der Waals surface area contributed by atoms with E-state index in [4.69, 9.17) is 4.74 Å². The smallest absolute Gasteiger partial charge is 0.256 e. The number of nitrogens with zero attached hydrogens (tertiary/aromatic N) is 2. The fourth-order valence-electron chi connectivity index (χ4n) is 2.56. The van der Waals surface area contributed by atoms with Gasteiger partial charge < -0.3 is 15.0 Å². The first-order chi connectivity index (χ1) is 11.2. The molecule has 0 spiro atoms. The quantitative estimate of drug-likeness (QED) is 0.702. The maximum atomic E-state index is 12.4. The molecule has 1 unspecified atom stereocenters. The lowest BCUT2D eigenvalue weighted by molar-refractivity contribution is 0.0944. The lowest BCUT2D eigenvalue weighted by atomic mass is 10.2. The number of aromatic nitrogens is 1. The SMILES string of the molecule is CCN(CC)CCCNC(=O)c1cccnc1OC1CCSC1. The minimum absolute atomic E-state index is 0.0988. The number of rotatable bonds is 9. The molecule has 5 nitrogen and oxygen atoms in total. The molecule has 6 heteroatoms. The lowest BCUT2D eigenvalue weighted by Crippen LogP contribution is -2.30. The van der Waals surface area contributed by atoms with Crippen LogP contribution in [0.2, 0.25) is 0 Å². The van der Waals surface area contributed by atoms with Crippen molar-refractivity contribution in [2.24, 2.45) is 0 Å². The van der Waals surface area contributed by atoms with Crippen LogP contribution in [-0.4, -0.2) is 59.6 Å². The summed E-state index contributed by atoms with van der Waals surface area (Å²) in [4.78, 5) is 19.0. The van der Waals surface area contributed by atoms with Gasteiger partial charge in [-0.2, -0.15) is 11.8 Å². The van der Waals surface area contributed by atoms with Crippen molar-refractivity contribution in [1.82, 2.24) is 15.2 Å². The summed E-state index contributed by atoms with van der Waals surface area (Å²) in [5, 5.41) is 2.98. The van der Waals surface area contributed by atoms with Crippen LogP contribution in [0.5, 0.6) is 5.88 Å². The van der Waals surface area contributed by atoms with E-state index >= 15 is 0 Å². The van der Waals surface area contributed by atoms with E-state index in [9.17, 15) is 4.79 Å². The Balaban J connectivity index is 1.84. The molecule has 1 aliphatic heterocycles. The Morgan fingerprint density at radius 1 is 1.48 bits per heavy atom. The van der Waals surface area contributed by atoms with Crippen LogP contribution in [0.3, 0.4) is 0 Å². The van der Waals surface area contributed by atoms with E-state index in [2.05, 4.69) is 29.0 Å². The van der Waals surface area contributed by atoms with E-state index in [0.29, 0.717) is 18.0 Å². The zero-order valence-corrected chi connectivity index (χ0v) is 14.9. The molecular formula is C17H27N3O2S. The van der Waals surface area contributed by atoms with E-state index in [1.54, 1.807) is 18.3 Å². The van der Waals surface area contributed by atoms with Crippen LogP contribution in [0.15, 0.2) is 18.3 Å². The zero-order valence-electron chi connectivity index (χ0n) is 14.1. The van der Waals surface area contributed by atoms with Gasteiger partial charge in [-0.15, -0.1) is 0 Å². The molecule has 1 N–H and O–H groups in total. The first kappa shape index (κ1) is 18.1. The second-order valence-corrected chi connectivity index (χ2v) is 6.75. The number of nitrogens with one attached hydrogen (secondary N) is 1. The largest absolute Gasteiger partial charge is 0.473 e. The monoisotopic (exact) mass is 337 g/mol. The van der Waals surface area contributed by atoms with Gasteiger partial charge in [0.2, 0.25) is 5.88 Å². The summed E-state index contributed by atoms with van der Waals surface area (Å²) >= 11 is 1.88. The number of thioether (sulfide) groups is 1. The Hall–Kier alpha value is -1.27. The predicted molar refractivity (Wildman–Crippen MR) is 95.3 cm³/mol. The van der Waals surface area contributed by atoms with E-state index in [1.165, 1.54) is 0 Å². The highest BCUT2D eigenvalue weighted by molar-refractivity contribution is 7.99. The molecule has 2 heterocycles. The number of amides is 1. The number of pyridine rings is 1. The van der Waals surface area contributed by atoms with Crippen molar-refractivity contribution in [2.45, 2.75) is 32.8 Å². The van der Waals surface area contributed by atoms with Crippen molar-refractivity contribution in [1.29, 1.82) is 0 Å². The topological polar surface area (TPSA) is 54.5 Å². The van der Waals surface area contributed by atoms with Crippen molar-refractivity contribution in [2.75, 3.05) is 37.7 Å². The molecular weight excluding hydrogens is 310 g/mol. The van der Waals surface area contributed by atoms with Crippen LogP contribution < -0.4 is 10.1 Å². The minimum atomic E-state index is -0.0988. The van der Waals surface area contributed by atoms with Gasteiger partial charge in [0.05, 0.1) is 0 Å². The molecule has 1 aliphatic rings. The van der Waals surface area contributed by atoms with Gasteiger partial charge in [0, 0.05) is 18.5 Å². The van der Waals surface area contributed by atoms with E-state index in [-0.39, 0.29) is 12.0 Å². The van der Waals surface area contributed by atoms with E-state index in [0.717, 1.165) is 44.0 Å². The summed E-state index contributed by atoms with van der Waals surface area (Å²) in [5.41, 5.74) is 0.534. The molecule has 23 heavy (non-hydrogen) atoms. The second kappa shape index (κ2) is 9.78. The molecule has 0 aromatic carbocycles. The van der Waals surface area contributed by atoms with Gasteiger partial charge in [0.1, 0.15) is 11.7 Å². The van der Waals surface area contributed by atoms with Gasteiger partial charge in [-0.3, -0.25) is 4.79 Å². The summed E-state index contributed by atoms with van der Waals surface area (Å²) < 4.78 is 5.91. The van der Waals surface area contributed by atoms with Crippen LogP contribution >= 0.6 is 11.8 Å². The number of hydrogen-bond acceptors (Lipinski definition) is 5. The molecule has 1 aromatic heterocycles.